The first-order valence-electron chi connectivity index (χ1n) is 10.3. The number of amides is 1. The van der Waals surface area contributed by atoms with Gasteiger partial charge in [-0.15, -0.1) is 0 Å². The maximum Gasteiger partial charge on any atom is 0.339 e. The molecule has 0 aliphatic carbocycles. The summed E-state index contributed by atoms with van der Waals surface area (Å²) in [6.45, 7) is 5.11. The maximum atomic E-state index is 13.5. The number of sulfonamides is 1. The topological polar surface area (TPSA) is 92.8 Å². The third-order valence-corrected chi connectivity index (χ3v) is 6.79. The van der Waals surface area contributed by atoms with Crippen molar-refractivity contribution in [1.29, 1.82) is 0 Å². The standard InChI is InChI=1S/C25H26N2O5S/c1-17-9-11-21(12-10-17)33(30,31)27(20-14-18(2)13-19(3)15-20)16-24(28)26-23-8-6-5-7-22(23)25(29)32-4/h5-15H,16H2,1-4H3,(H,26,28). The van der Waals surface area contributed by atoms with Gasteiger partial charge < -0.3 is 10.1 Å². The number of para-hydroxylation sites is 1. The van der Waals surface area contributed by atoms with Crippen LogP contribution in [0.4, 0.5) is 11.4 Å². The van der Waals surface area contributed by atoms with Crippen molar-refractivity contribution in [1.82, 2.24) is 0 Å². The third-order valence-electron chi connectivity index (χ3n) is 5.00. The maximum absolute atomic E-state index is 13.5. The van der Waals surface area contributed by atoms with Crippen molar-refractivity contribution in [2.45, 2.75) is 25.7 Å². The number of anilines is 2. The van der Waals surface area contributed by atoms with Gasteiger partial charge in [-0.2, -0.15) is 0 Å². The van der Waals surface area contributed by atoms with Crippen LogP contribution >= 0.6 is 0 Å². The average Bonchev–Trinajstić information content (AvgIpc) is 2.77. The van der Waals surface area contributed by atoms with Crippen LogP contribution in [0.3, 0.4) is 0 Å². The Morgan fingerprint density at radius 1 is 0.879 bits per heavy atom. The number of nitrogens with one attached hydrogen (secondary N) is 1. The normalized spacial score (nSPS) is 11.0. The van der Waals surface area contributed by atoms with E-state index in [1.807, 2.05) is 26.8 Å². The number of ether oxygens (including phenoxy) is 1. The molecule has 0 atom stereocenters. The SMILES string of the molecule is COC(=O)c1ccccc1NC(=O)CN(c1cc(C)cc(C)c1)S(=O)(=O)c1ccc(C)cc1. The second-order valence-corrected chi connectivity index (χ2v) is 9.62. The van der Waals surface area contributed by atoms with E-state index >= 15 is 0 Å². The summed E-state index contributed by atoms with van der Waals surface area (Å²) in [5, 5.41) is 2.64. The van der Waals surface area contributed by atoms with E-state index < -0.39 is 28.4 Å². The zero-order valence-electron chi connectivity index (χ0n) is 19.0. The number of carbonyl (C=O) groups excluding carboxylic acids is 2. The molecule has 0 fully saturated rings. The van der Waals surface area contributed by atoms with Gasteiger partial charge in [0.15, 0.2) is 0 Å². The van der Waals surface area contributed by atoms with E-state index in [1.54, 1.807) is 42.5 Å². The molecule has 0 aromatic heterocycles. The number of esters is 1. The van der Waals surface area contributed by atoms with Gasteiger partial charge in [0.2, 0.25) is 5.91 Å². The van der Waals surface area contributed by atoms with Crippen molar-refractivity contribution in [3.8, 4) is 0 Å². The predicted octanol–water partition coefficient (Wildman–Crippen LogP) is 4.23. The quantitative estimate of drug-likeness (QED) is 0.526. The molecule has 0 saturated heterocycles. The molecular weight excluding hydrogens is 440 g/mol. The van der Waals surface area contributed by atoms with E-state index in [9.17, 15) is 18.0 Å². The average molecular weight is 467 g/mol. The molecule has 0 aliphatic rings. The van der Waals surface area contributed by atoms with E-state index in [-0.39, 0.29) is 16.1 Å². The zero-order chi connectivity index (χ0) is 24.2. The highest BCUT2D eigenvalue weighted by Gasteiger charge is 2.28. The minimum atomic E-state index is -4.04. The molecule has 3 aromatic rings. The fourth-order valence-electron chi connectivity index (χ4n) is 3.45. The van der Waals surface area contributed by atoms with Crippen LogP contribution in [-0.2, 0) is 19.6 Å². The van der Waals surface area contributed by atoms with E-state index in [1.165, 1.54) is 25.3 Å². The number of benzene rings is 3. The van der Waals surface area contributed by atoms with Crippen molar-refractivity contribution in [3.05, 3.63) is 89.0 Å². The predicted molar refractivity (Wildman–Crippen MR) is 128 cm³/mol. The first-order valence-corrected chi connectivity index (χ1v) is 11.7. The summed E-state index contributed by atoms with van der Waals surface area (Å²) in [4.78, 5) is 25.1. The minimum absolute atomic E-state index is 0.0787. The molecule has 0 heterocycles. The molecule has 0 spiro atoms. The lowest BCUT2D eigenvalue weighted by molar-refractivity contribution is -0.114. The van der Waals surface area contributed by atoms with Crippen LogP contribution in [0.2, 0.25) is 0 Å². The van der Waals surface area contributed by atoms with Crippen LogP contribution in [0.5, 0.6) is 0 Å². The highest BCUT2D eigenvalue weighted by molar-refractivity contribution is 7.92. The van der Waals surface area contributed by atoms with Crippen molar-refractivity contribution in [2.75, 3.05) is 23.3 Å². The summed E-state index contributed by atoms with van der Waals surface area (Å²) in [5.41, 5.74) is 3.44. The number of hydrogen-bond acceptors (Lipinski definition) is 5. The molecule has 3 aromatic carbocycles. The summed E-state index contributed by atoms with van der Waals surface area (Å²) in [6, 6.07) is 18.2. The van der Waals surface area contributed by atoms with Gasteiger partial charge in [0.05, 0.1) is 28.9 Å². The number of methoxy groups -OCH3 is 1. The van der Waals surface area contributed by atoms with Crippen molar-refractivity contribution in [3.63, 3.8) is 0 Å². The largest absolute Gasteiger partial charge is 0.465 e. The number of rotatable bonds is 7. The Morgan fingerprint density at radius 2 is 1.48 bits per heavy atom. The van der Waals surface area contributed by atoms with Crippen LogP contribution in [0, 0.1) is 20.8 Å². The van der Waals surface area contributed by atoms with Gasteiger partial charge in [-0.25, -0.2) is 13.2 Å². The van der Waals surface area contributed by atoms with Gasteiger partial charge in [0, 0.05) is 0 Å². The van der Waals surface area contributed by atoms with Gasteiger partial charge in [0.1, 0.15) is 6.54 Å². The molecule has 0 radical (unpaired) electrons. The van der Waals surface area contributed by atoms with E-state index in [2.05, 4.69) is 5.32 Å². The van der Waals surface area contributed by atoms with Gasteiger partial charge in [-0.05, 0) is 68.3 Å². The second-order valence-electron chi connectivity index (χ2n) is 7.76. The molecule has 7 nitrogen and oxygen atoms in total. The summed E-state index contributed by atoms with van der Waals surface area (Å²) >= 11 is 0. The lowest BCUT2D eigenvalue weighted by atomic mass is 10.1. The van der Waals surface area contributed by atoms with Crippen molar-refractivity contribution < 1.29 is 22.7 Å². The summed E-state index contributed by atoms with van der Waals surface area (Å²) in [5.74, 6) is -1.20. The van der Waals surface area contributed by atoms with Crippen LogP contribution in [0.25, 0.3) is 0 Å². The van der Waals surface area contributed by atoms with Crippen LogP contribution in [-0.4, -0.2) is 33.9 Å². The summed E-state index contributed by atoms with van der Waals surface area (Å²) in [7, 11) is -2.80. The fraction of sp³-hybridized carbons (Fsp3) is 0.200. The molecular formula is C25H26N2O5S. The van der Waals surface area contributed by atoms with Crippen molar-refractivity contribution >= 4 is 33.3 Å². The number of carbonyl (C=O) groups is 2. The molecule has 33 heavy (non-hydrogen) atoms. The summed E-state index contributed by atoms with van der Waals surface area (Å²) < 4.78 is 32.9. The molecule has 8 heteroatoms. The Kier molecular flexibility index (Phi) is 7.18. The van der Waals surface area contributed by atoms with Crippen LogP contribution < -0.4 is 9.62 Å². The van der Waals surface area contributed by atoms with E-state index in [4.69, 9.17) is 4.74 Å². The van der Waals surface area contributed by atoms with Gasteiger partial charge in [-0.1, -0.05) is 35.9 Å². The molecule has 1 N–H and O–H groups in total. The minimum Gasteiger partial charge on any atom is -0.465 e. The second kappa shape index (κ2) is 9.87. The number of hydrogen-bond donors (Lipinski definition) is 1. The zero-order valence-corrected chi connectivity index (χ0v) is 19.8. The number of nitrogens with zero attached hydrogens (tertiary/aromatic N) is 1. The highest BCUT2D eigenvalue weighted by atomic mass is 32.2. The molecule has 0 saturated carbocycles. The third kappa shape index (κ3) is 5.59. The van der Waals surface area contributed by atoms with Crippen molar-refractivity contribution in [2.24, 2.45) is 0 Å². The summed E-state index contributed by atoms with van der Waals surface area (Å²) in [6.07, 6.45) is 0. The van der Waals surface area contributed by atoms with Gasteiger partial charge >= 0.3 is 5.97 Å². The molecule has 0 bridgehead atoms. The fourth-order valence-corrected chi connectivity index (χ4v) is 4.85. The molecule has 172 valence electrons. The van der Waals surface area contributed by atoms with Crippen LogP contribution in [0.1, 0.15) is 27.0 Å². The smallest absolute Gasteiger partial charge is 0.339 e. The van der Waals surface area contributed by atoms with Gasteiger partial charge in [-0.3, -0.25) is 9.10 Å². The molecule has 3 rings (SSSR count). The molecule has 1 amide bonds. The highest BCUT2D eigenvalue weighted by Crippen LogP contribution is 2.26. The first kappa shape index (κ1) is 24.0. The Labute approximate surface area is 194 Å². The van der Waals surface area contributed by atoms with Gasteiger partial charge in [0.25, 0.3) is 10.0 Å². The first-order chi connectivity index (χ1) is 15.6. The van der Waals surface area contributed by atoms with Crippen LogP contribution in [0.15, 0.2) is 71.6 Å². The van der Waals surface area contributed by atoms with E-state index in [0.717, 1.165) is 21.0 Å². The lowest BCUT2D eigenvalue weighted by Gasteiger charge is -2.25. The number of aryl methyl sites for hydroxylation is 3. The van der Waals surface area contributed by atoms with E-state index in [0.29, 0.717) is 5.69 Å². The Bertz CT molecular complexity index is 1260. The molecule has 0 aliphatic heterocycles. The lowest BCUT2D eigenvalue weighted by Crippen LogP contribution is -2.38. The Hall–Kier alpha value is -3.65. The Balaban J connectivity index is 2.00. The Morgan fingerprint density at radius 3 is 2.09 bits per heavy atom. The monoisotopic (exact) mass is 466 g/mol. The molecule has 0 unspecified atom stereocenters.